The van der Waals surface area contributed by atoms with E-state index in [0.717, 1.165) is 0 Å². The van der Waals surface area contributed by atoms with Crippen molar-refractivity contribution in [1.82, 2.24) is 4.98 Å². The van der Waals surface area contributed by atoms with E-state index >= 15 is 0 Å². The Labute approximate surface area is 98.3 Å². The van der Waals surface area contributed by atoms with E-state index in [1.165, 1.54) is 0 Å². The SMILES string of the molecule is FC(F)c1c(Br)cc(I)nc1Br. The molecule has 0 unspecified atom stereocenters. The molecule has 66 valence electrons. The van der Waals surface area contributed by atoms with Gasteiger partial charge in [0, 0.05) is 4.47 Å². The molecule has 0 saturated carbocycles. The molecule has 1 aromatic rings. The number of rotatable bonds is 1. The lowest BCUT2D eigenvalue weighted by Crippen LogP contribution is -1.93. The van der Waals surface area contributed by atoms with Crippen LogP contribution in [0.25, 0.3) is 0 Å². The summed E-state index contributed by atoms with van der Waals surface area (Å²) in [6.07, 6.45) is -2.52. The molecule has 0 fully saturated rings. The van der Waals surface area contributed by atoms with Crippen LogP contribution in [-0.4, -0.2) is 4.98 Å². The minimum atomic E-state index is -2.52. The van der Waals surface area contributed by atoms with E-state index in [0.29, 0.717) is 8.17 Å². The van der Waals surface area contributed by atoms with Crippen LogP contribution in [0.2, 0.25) is 0 Å². The third-order valence-corrected chi connectivity index (χ3v) is 2.96. The molecule has 0 saturated heterocycles. The van der Waals surface area contributed by atoms with Crippen molar-refractivity contribution in [3.05, 3.63) is 24.4 Å². The first-order valence-electron chi connectivity index (χ1n) is 2.82. The third kappa shape index (κ3) is 2.35. The van der Waals surface area contributed by atoms with Crippen molar-refractivity contribution in [2.75, 3.05) is 0 Å². The minimum Gasteiger partial charge on any atom is -0.234 e. The van der Waals surface area contributed by atoms with E-state index in [-0.39, 0.29) is 10.2 Å². The number of aromatic nitrogens is 1. The van der Waals surface area contributed by atoms with E-state index in [1.807, 2.05) is 22.6 Å². The molecule has 1 rings (SSSR count). The summed E-state index contributed by atoms with van der Waals surface area (Å²) < 4.78 is 25.9. The Kier molecular flexibility index (Phi) is 3.84. The lowest BCUT2D eigenvalue weighted by atomic mass is 10.3. The van der Waals surface area contributed by atoms with Crippen molar-refractivity contribution in [3.63, 3.8) is 0 Å². The molecule has 0 amide bonds. The van der Waals surface area contributed by atoms with Crippen molar-refractivity contribution in [2.24, 2.45) is 0 Å². The smallest absolute Gasteiger partial charge is 0.234 e. The number of hydrogen-bond acceptors (Lipinski definition) is 1. The zero-order valence-corrected chi connectivity index (χ0v) is 10.8. The molecule has 0 bridgehead atoms. The highest BCUT2D eigenvalue weighted by Crippen LogP contribution is 2.33. The van der Waals surface area contributed by atoms with Crippen LogP contribution in [0, 0.1) is 3.70 Å². The van der Waals surface area contributed by atoms with Gasteiger partial charge in [0.15, 0.2) is 0 Å². The van der Waals surface area contributed by atoms with Gasteiger partial charge in [-0.25, -0.2) is 13.8 Å². The molecule has 0 aliphatic rings. The zero-order chi connectivity index (χ0) is 9.30. The second-order valence-electron chi connectivity index (χ2n) is 1.93. The predicted molar refractivity (Wildman–Crippen MR) is 57.3 cm³/mol. The summed E-state index contributed by atoms with van der Waals surface area (Å²) in [6, 6.07) is 1.55. The Bertz CT molecular complexity index is 283. The number of pyridine rings is 1. The second-order valence-corrected chi connectivity index (χ2v) is 4.64. The molecule has 12 heavy (non-hydrogen) atoms. The minimum absolute atomic E-state index is 0.101. The highest BCUT2D eigenvalue weighted by atomic mass is 127. The fraction of sp³-hybridized carbons (Fsp3) is 0.167. The predicted octanol–water partition coefficient (Wildman–Crippen LogP) is 4.15. The molecule has 0 aliphatic carbocycles. The quantitative estimate of drug-likeness (QED) is 0.499. The van der Waals surface area contributed by atoms with Crippen molar-refractivity contribution >= 4 is 54.5 Å². The Balaban J connectivity index is 3.28. The first-order valence-corrected chi connectivity index (χ1v) is 5.48. The van der Waals surface area contributed by atoms with Crippen LogP contribution in [0.5, 0.6) is 0 Å². The Morgan fingerprint density at radius 3 is 2.42 bits per heavy atom. The van der Waals surface area contributed by atoms with Crippen LogP contribution in [0.4, 0.5) is 8.78 Å². The van der Waals surface area contributed by atoms with Crippen molar-refractivity contribution in [2.45, 2.75) is 6.43 Å². The molecule has 0 atom stereocenters. The molecule has 1 nitrogen and oxygen atoms in total. The maximum Gasteiger partial charge on any atom is 0.267 e. The lowest BCUT2D eigenvalue weighted by Gasteiger charge is -2.05. The molecular weight excluding hydrogens is 411 g/mol. The average molecular weight is 413 g/mol. The molecule has 0 aliphatic heterocycles. The van der Waals surface area contributed by atoms with Gasteiger partial charge in [0.2, 0.25) is 0 Å². The largest absolute Gasteiger partial charge is 0.267 e. The molecule has 1 aromatic heterocycles. The first kappa shape index (κ1) is 10.8. The summed E-state index contributed by atoms with van der Waals surface area (Å²) >= 11 is 7.97. The van der Waals surface area contributed by atoms with Crippen LogP contribution in [0.15, 0.2) is 15.1 Å². The normalized spacial score (nSPS) is 10.8. The zero-order valence-electron chi connectivity index (χ0n) is 5.49. The maximum atomic E-state index is 12.3. The summed E-state index contributed by atoms with van der Waals surface area (Å²) in [5.41, 5.74) is -0.101. The number of alkyl halides is 2. The van der Waals surface area contributed by atoms with E-state index in [4.69, 9.17) is 0 Å². The molecule has 1 heterocycles. The highest BCUT2D eigenvalue weighted by Gasteiger charge is 2.17. The summed E-state index contributed by atoms with van der Waals surface area (Å²) in [7, 11) is 0. The van der Waals surface area contributed by atoms with Gasteiger partial charge in [0.05, 0.1) is 5.56 Å². The number of nitrogens with zero attached hydrogens (tertiary/aromatic N) is 1. The van der Waals surface area contributed by atoms with Gasteiger partial charge in [-0.15, -0.1) is 0 Å². The van der Waals surface area contributed by atoms with Crippen LogP contribution in [0.3, 0.4) is 0 Å². The van der Waals surface area contributed by atoms with Gasteiger partial charge in [-0.2, -0.15) is 0 Å². The summed E-state index contributed by atoms with van der Waals surface area (Å²) in [5, 5.41) is 0. The molecular formula is C6H2Br2F2IN. The van der Waals surface area contributed by atoms with Crippen LogP contribution in [0.1, 0.15) is 12.0 Å². The van der Waals surface area contributed by atoms with Gasteiger partial charge in [0.25, 0.3) is 6.43 Å². The maximum absolute atomic E-state index is 12.3. The van der Waals surface area contributed by atoms with Gasteiger partial charge < -0.3 is 0 Å². The molecule has 6 heteroatoms. The number of hydrogen-bond donors (Lipinski definition) is 0. The van der Waals surface area contributed by atoms with Gasteiger partial charge in [0.1, 0.15) is 8.30 Å². The van der Waals surface area contributed by atoms with E-state index < -0.39 is 6.43 Å². The monoisotopic (exact) mass is 411 g/mol. The van der Waals surface area contributed by atoms with Gasteiger partial charge >= 0.3 is 0 Å². The fourth-order valence-electron chi connectivity index (χ4n) is 0.661. The average Bonchev–Trinajstić information content (AvgIpc) is 1.82. The molecule has 0 N–H and O–H groups in total. The van der Waals surface area contributed by atoms with E-state index in [1.54, 1.807) is 6.07 Å². The summed E-state index contributed by atoms with van der Waals surface area (Å²) in [6.45, 7) is 0. The standard InChI is InChI=1S/C6H2Br2F2IN/c7-2-1-3(11)12-5(8)4(2)6(9)10/h1,6H. The van der Waals surface area contributed by atoms with Gasteiger partial charge in [-0.1, -0.05) is 15.9 Å². The topological polar surface area (TPSA) is 12.9 Å². The second kappa shape index (κ2) is 4.28. The Morgan fingerprint density at radius 1 is 1.42 bits per heavy atom. The fourth-order valence-corrected chi connectivity index (χ4v) is 3.39. The van der Waals surface area contributed by atoms with E-state index in [9.17, 15) is 8.78 Å². The Morgan fingerprint density at radius 2 is 2.00 bits per heavy atom. The third-order valence-electron chi connectivity index (χ3n) is 1.15. The first-order chi connectivity index (χ1) is 5.52. The summed E-state index contributed by atoms with van der Waals surface area (Å²) in [5.74, 6) is 0. The van der Waals surface area contributed by atoms with Crippen molar-refractivity contribution in [1.29, 1.82) is 0 Å². The van der Waals surface area contributed by atoms with Gasteiger partial charge in [-0.05, 0) is 44.6 Å². The molecule has 0 radical (unpaired) electrons. The van der Waals surface area contributed by atoms with Crippen molar-refractivity contribution < 1.29 is 8.78 Å². The Hall–Kier alpha value is 0.700. The van der Waals surface area contributed by atoms with Crippen LogP contribution >= 0.6 is 54.5 Å². The summed E-state index contributed by atoms with van der Waals surface area (Å²) in [4.78, 5) is 3.85. The molecule has 0 aromatic carbocycles. The molecule has 0 spiro atoms. The van der Waals surface area contributed by atoms with E-state index in [2.05, 4.69) is 36.8 Å². The highest BCUT2D eigenvalue weighted by molar-refractivity contribution is 14.1. The van der Waals surface area contributed by atoms with Gasteiger partial charge in [-0.3, -0.25) is 0 Å². The van der Waals surface area contributed by atoms with Crippen molar-refractivity contribution in [3.8, 4) is 0 Å². The van der Waals surface area contributed by atoms with Crippen LogP contribution < -0.4 is 0 Å². The van der Waals surface area contributed by atoms with Crippen LogP contribution in [-0.2, 0) is 0 Å². The number of halogens is 5. The lowest BCUT2D eigenvalue weighted by molar-refractivity contribution is 0.149.